The molecule has 3 aliphatic heterocycles. The first-order valence-electron chi connectivity index (χ1n) is 12.9. The van der Waals surface area contributed by atoms with Crippen LogP contribution in [0.25, 0.3) is 22.3 Å². The van der Waals surface area contributed by atoms with Gasteiger partial charge in [0.2, 0.25) is 5.95 Å². The molecule has 0 saturated carbocycles. The average molecular weight is 711 g/mol. The van der Waals surface area contributed by atoms with E-state index in [1.165, 1.54) is 10.9 Å². The van der Waals surface area contributed by atoms with Crippen LogP contribution in [-0.2, 0) is 36.7 Å². The zero-order valence-electron chi connectivity index (χ0n) is 22.3. The Morgan fingerprint density at radius 2 is 1.38 bits per heavy atom. The number of halogens is 2. The van der Waals surface area contributed by atoms with Gasteiger partial charge in [0.25, 0.3) is 5.56 Å². The summed E-state index contributed by atoms with van der Waals surface area (Å²) >= 11 is 7.94. The van der Waals surface area contributed by atoms with Crippen LogP contribution in [0.15, 0.2) is 23.8 Å². The van der Waals surface area contributed by atoms with E-state index in [2.05, 4.69) is 54.4 Å². The van der Waals surface area contributed by atoms with Crippen molar-refractivity contribution in [3.63, 3.8) is 0 Å². The summed E-state index contributed by atoms with van der Waals surface area (Å²) in [6.45, 7) is -10.3. The predicted octanol–water partition coefficient (Wildman–Crippen LogP) is 1.49. The van der Waals surface area contributed by atoms with Crippen LogP contribution < -0.4 is 17.0 Å². The maximum Gasteiger partial charge on any atom is 0.386 e. The highest BCUT2D eigenvalue weighted by molar-refractivity contribution is 8.44. The molecule has 0 aliphatic carbocycles. The molecule has 7 rings (SSSR count). The maximum atomic E-state index is 16.0. The molecule has 4 aromatic heterocycles. The monoisotopic (exact) mass is 710 g/mol. The lowest BCUT2D eigenvalue weighted by Crippen LogP contribution is -2.36. The molecule has 2 unspecified atom stereocenters. The lowest BCUT2D eigenvalue weighted by Gasteiger charge is -2.28. The molecule has 3 saturated heterocycles. The van der Waals surface area contributed by atoms with Crippen molar-refractivity contribution in [3.05, 3.63) is 29.3 Å². The molecule has 3 fully saturated rings. The van der Waals surface area contributed by atoms with Crippen molar-refractivity contribution >= 4 is 72.2 Å². The first-order chi connectivity index (χ1) is 21.3. The van der Waals surface area contributed by atoms with Crippen molar-refractivity contribution in [2.24, 2.45) is 0 Å². The summed E-state index contributed by atoms with van der Waals surface area (Å²) in [6, 6.07) is 0. The van der Waals surface area contributed by atoms with Gasteiger partial charge in [-0.25, -0.2) is 37.8 Å². The molecule has 0 spiro atoms. The lowest BCUT2D eigenvalue weighted by molar-refractivity contribution is -0.0544. The second kappa shape index (κ2) is 11.2. The number of aromatic amines is 1. The number of hydrogen-bond donors (Lipinski definition) is 5. The van der Waals surface area contributed by atoms with Gasteiger partial charge in [0.05, 0.1) is 25.9 Å². The van der Waals surface area contributed by atoms with Crippen LogP contribution >= 0.6 is 38.1 Å². The van der Waals surface area contributed by atoms with Gasteiger partial charge in [0.1, 0.15) is 36.3 Å². The van der Waals surface area contributed by atoms with Gasteiger partial charge >= 0.3 is 13.6 Å². The van der Waals surface area contributed by atoms with Gasteiger partial charge in [-0.2, -0.15) is 4.98 Å². The second-order valence-electron chi connectivity index (χ2n) is 10.0. The number of nitrogens with zero attached hydrogens (tertiary/aromatic N) is 7. The Bertz CT molecular complexity index is 1950. The number of anilines is 2. The van der Waals surface area contributed by atoms with E-state index >= 15 is 8.78 Å². The molecular formula is C20H22F2N10O9P2S2. The molecule has 0 aromatic carbocycles. The SMILES string of the molecule is Nc1nc2c(ncn2[C@@H]2O[C@@H]3CO[P@@](=O)(S)O[C@@H]4C(COP(=O)(S)O[C@H]3[C@H]2F)O[C@@H](n2cnc3c(N)ncnc32)[C@@H]4F)c(=O)[nH]1. The number of alkyl halides is 2. The van der Waals surface area contributed by atoms with Gasteiger partial charge in [0, 0.05) is 0 Å². The van der Waals surface area contributed by atoms with E-state index in [0.717, 1.165) is 17.2 Å². The van der Waals surface area contributed by atoms with Crippen LogP contribution in [-0.4, -0.2) is 89.0 Å². The Balaban J connectivity index is 1.17. The average Bonchev–Trinajstić information content (AvgIpc) is 3.72. The normalized spacial score (nSPS) is 37.7. The summed E-state index contributed by atoms with van der Waals surface area (Å²) < 4.78 is 94.2. The first kappa shape index (κ1) is 30.9. The Hall–Kier alpha value is -2.72. The minimum absolute atomic E-state index is 0.0381. The van der Waals surface area contributed by atoms with E-state index in [4.69, 9.17) is 39.0 Å². The number of thiol groups is 2. The summed E-state index contributed by atoms with van der Waals surface area (Å²) in [5.41, 5.74) is 10.8. The molecular weight excluding hydrogens is 688 g/mol. The number of imidazole rings is 2. The van der Waals surface area contributed by atoms with Gasteiger partial charge in [0.15, 0.2) is 47.4 Å². The Morgan fingerprint density at radius 1 is 0.844 bits per heavy atom. The number of H-pyrrole nitrogens is 1. The number of rotatable bonds is 2. The topological polar surface area (TPSA) is 249 Å². The molecule has 25 heteroatoms. The number of nitrogens with two attached hydrogens (primary N) is 2. The molecule has 0 bridgehead atoms. The first-order valence-corrected chi connectivity index (χ1v) is 18.3. The quantitative estimate of drug-likeness (QED) is 0.146. The van der Waals surface area contributed by atoms with Crippen molar-refractivity contribution in [2.75, 3.05) is 24.7 Å². The van der Waals surface area contributed by atoms with E-state index in [9.17, 15) is 13.9 Å². The van der Waals surface area contributed by atoms with Crippen molar-refractivity contribution in [2.45, 2.75) is 49.2 Å². The second-order valence-corrected chi connectivity index (χ2v) is 15.8. The number of nitrogen functional groups attached to an aromatic ring is 2. The minimum Gasteiger partial charge on any atom is -0.382 e. The molecule has 5 N–H and O–H groups in total. The molecule has 45 heavy (non-hydrogen) atoms. The zero-order chi connectivity index (χ0) is 31.8. The van der Waals surface area contributed by atoms with Gasteiger partial charge in [-0.3, -0.25) is 37.0 Å². The highest BCUT2D eigenvalue weighted by Gasteiger charge is 2.54. The highest BCUT2D eigenvalue weighted by Crippen LogP contribution is 2.60. The number of hydrogen-bond acceptors (Lipinski definition) is 16. The third kappa shape index (κ3) is 5.53. The number of fused-ring (bicyclic) bond motifs is 4. The van der Waals surface area contributed by atoms with Crippen LogP contribution in [0.1, 0.15) is 12.5 Å². The summed E-state index contributed by atoms with van der Waals surface area (Å²) in [4.78, 5) is 34.4. The molecule has 0 radical (unpaired) electrons. The van der Waals surface area contributed by atoms with Crippen molar-refractivity contribution in [1.82, 2.24) is 39.0 Å². The number of nitrogens with one attached hydrogen (secondary N) is 1. The smallest absolute Gasteiger partial charge is 0.382 e. The van der Waals surface area contributed by atoms with E-state index < -0.39 is 81.6 Å². The van der Waals surface area contributed by atoms with E-state index in [1.807, 2.05) is 0 Å². The third-order valence-electron chi connectivity index (χ3n) is 7.23. The van der Waals surface area contributed by atoms with Crippen LogP contribution in [0.4, 0.5) is 20.5 Å². The highest BCUT2D eigenvalue weighted by atomic mass is 32.7. The van der Waals surface area contributed by atoms with E-state index in [1.54, 1.807) is 0 Å². The van der Waals surface area contributed by atoms with Crippen LogP contribution in [0, 0.1) is 0 Å². The molecule has 4 aromatic rings. The zero-order valence-corrected chi connectivity index (χ0v) is 25.8. The predicted molar refractivity (Wildman–Crippen MR) is 155 cm³/mol. The maximum absolute atomic E-state index is 16.0. The molecule has 19 nitrogen and oxygen atoms in total. The molecule has 7 heterocycles. The van der Waals surface area contributed by atoms with E-state index in [0.29, 0.717) is 0 Å². The van der Waals surface area contributed by atoms with Crippen molar-refractivity contribution < 1.29 is 45.5 Å². The van der Waals surface area contributed by atoms with Gasteiger partial charge in [-0.05, 0) is 0 Å². The minimum atomic E-state index is -4.44. The largest absolute Gasteiger partial charge is 0.386 e. The molecule has 242 valence electrons. The molecule has 3 aliphatic rings. The Kier molecular flexibility index (Phi) is 7.70. The lowest BCUT2D eigenvalue weighted by atomic mass is 10.1. The van der Waals surface area contributed by atoms with Gasteiger partial charge in [-0.15, -0.1) is 0 Å². The Morgan fingerprint density at radius 3 is 1.96 bits per heavy atom. The summed E-state index contributed by atoms with van der Waals surface area (Å²) in [7, 11) is 0. The number of ether oxygens (including phenoxy) is 2. The fraction of sp³-hybridized carbons (Fsp3) is 0.500. The standard InChI is InChI=1S/C20H22F2N10O9P2S2/c21-8-12-6(38-18(8)31-4-27-10-14(23)25-3-26-15(10)31)1-36-43(35,45)41-13-7(2-37-42(34,44)40-12)39-19(9(13)22)32-5-28-11-16(32)29-20(24)30-17(11)33/h3-9,12-13,18-19H,1-2H2,(H,34,44)(H,35,45)(H2,23,25,26)(H3,24,29,30,33)/t6?,7-,8-,9-,12-,13-,18-,19-,42-,43?/m1/s1. The third-order valence-corrected chi connectivity index (χ3v) is 10.5. The summed E-state index contributed by atoms with van der Waals surface area (Å²) in [6.07, 6.45) is -9.92. The molecule has 10 atom stereocenters. The summed E-state index contributed by atoms with van der Waals surface area (Å²) in [5, 5.41) is 0. The van der Waals surface area contributed by atoms with Gasteiger partial charge < -0.3 is 20.9 Å². The van der Waals surface area contributed by atoms with Crippen LogP contribution in [0.3, 0.4) is 0 Å². The fourth-order valence-electron chi connectivity index (χ4n) is 5.25. The van der Waals surface area contributed by atoms with E-state index in [-0.39, 0.29) is 34.1 Å². The van der Waals surface area contributed by atoms with Crippen LogP contribution in [0.2, 0.25) is 0 Å². The van der Waals surface area contributed by atoms with Crippen LogP contribution in [0.5, 0.6) is 0 Å². The number of aromatic nitrogens is 8. The summed E-state index contributed by atoms with van der Waals surface area (Å²) in [5.74, 6) is -0.231. The Labute approximate surface area is 259 Å². The fourth-order valence-corrected chi connectivity index (χ4v) is 8.21. The molecule has 0 amide bonds. The van der Waals surface area contributed by atoms with Crippen molar-refractivity contribution in [3.8, 4) is 0 Å². The van der Waals surface area contributed by atoms with Gasteiger partial charge in [-0.1, -0.05) is 24.5 Å². The van der Waals surface area contributed by atoms with Crippen molar-refractivity contribution in [1.29, 1.82) is 0 Å².